The number of rotatable bonds is 1. The van der Waals surface area contributed by atoms with E-state index in [0.29, 0.717) is 0 Å². The monoisotopic (exact) mass is 270 g/mol. The average molecular weight is 270 g/mol. The van der Waals surface area contributed by atoms with Crippen LogP contribution >= 0.6 is 11.3 Å². The average Bonchev–Trinajstić information content (AvgIpc) is 2.83. The summed E-state index contributed by atoms with van der Waals surface area (Å²) in [7, 11) is 0. The number of aromatic amines is 1. The minimum Gasteiger partial charge on any atom is -0.325 e. The lowest BCUT2D eigenvalue weighted by Crippen LogP contribution is -2.17. The summed E-state index contributed by atoms with van der Waals surface area (Å²) in [6, 6.07) is 6.04. The second-order valence-electron chi connectivity index (χ2n) is 4.81. The van der Waals surface area contributed by atoms with Gasteiger partial charge in [0.1, 0.15) is 11.6 Å². The topological polar surface area (TPSA) is 56.6 Å². The Morgan fingerprint density at radius 3 is 2.84 bits per heavy atom. The first-order valence-electron chi connectivity index (χ1n) is 6.53. The molecular formula is C15H14N2OS. The second kappa shape index (κ2) is 5.02. The summed E-state index contributed by atoms with van der Waals surface area (Å²) in [5, 5.41) is 11.3. The van der Waals surface area contributed by atoms with E-state index in [-0.39, 0.29) is 11.1 Å². The van der Waals surface area contributed by atoms with Gasteiger partial charge in [-0.2, -0.15) is 5.26 Å². The number of thiophene rings is 1. The van der Waals surface area contributed by atoms with E-state index in [4.69, 9.17) is 0 Å². The van der Waals surface area contributed by atoms with Crippen molar-refractivity contribution in [2.24, 2.45) is 0 Å². The number of H-pyrrole nitrogens is 1. The van der Waals surface area contributed by atoms with Crippen molar-refractivity contribution in [2.45, 2.75) is 32.1 Å². The molecule has 1 aliphatic carbocycles. The Bertz CT molecular complexity index is 692. The van der Waals surface area contributed by atoms with Crippen molar-refractivity contribution in [2.75, 3.05) is 0 Å². The zero-order chi connectivity index (χ0) is 13.2. The zero-order valence-electron chi connectivity index (χ0n) is 10.5. The van der Waals surface area contributed by atoms with E-state index in [1.807, 2.05) is 17.5 Å². The van der Waals surface area contributed by atoms with Gasteiger partial charge in [-0.15, -0.1) is 11.3 Å². The molecule has 3 rings (SSSR count). The van der Waals surface area contributed by atoms with Gasteiger partial charge in [-0.3, -0.25) is 4.79 Å². The third-order valence-corrected chi connectivity index (χ3v) is 4.53. The van der Waals surface area contributed by atoms with Crippen LogP contribution in [0.15, 0.2) is 22.3 Å². The number of aromatic nitrogens is 1. The van der Waals surface area contributed by atoms with Gasteiger partial charge in [0.05, 0.1) is 0 Å². The predicted molar refractivity (Wildman–Crippen MR) is 76.3 cm³/mol. The fourth-order valence-electron chi connectivity index (χ4n) is 2.76. The number of nitrogens with zero attached hydrogens (tertiary/aromatic N) is 1. The smallest absolute Gasteiger partial charge is 0.266 e. The van der Waals surface area contributed by atoms with E-state index in [0.717, 1.165) is 41.8 Å². The summed E-state index contributed by atoms with van der Waals surface area (Å²) in [5.74, 6) is 0. The van der Waals surface area contributed by atoms with Crippen molar-refractivity contribution in [3.8, 4) is 16.5 Å². The van der Waals surface area contributed by atoms with Crippen molar-refractivity contribution >= 4 is 11.3 Å². The van der Waals surface area contributed by atoms with E-state index in [1.165, 1.54) is 12.0 Å². The molecule has 0 atom stereocenters. The Morgan fingerprint density at radius 2 is 2.11 bits per heavy atom. The minimum absolute atomic E-state index is 0.244. The molecule has 96 valence electrons. The quantitative estimate of drug-likeness (QED) is 0.809. The van der Waals surface area contributed by atoms with Crippen LogP contribution in [0.1, 0.15) is 36.1 Å². The Morgan fingerprint density at radius 1 is 1.26 bits per heavy atom. The van der Waals surface area contributed by atoms with E-state index in [2.05, 4.69) is 11.1 Å². The van der Waals surface area contributed by atoms with Crippen LogP contribution in [0.4, 0.5) is 0 Å². The van der Waals surface area contributed by atoms with Gasteiger partial charge in [-0.05, 0) is 42.7 Å². The van der Waals surface area contributed by atoms with Crippen LogP contribution in [-0.2, 0) is 12.8 Å². The summed E-state index contributed by atoms with van der Waals surface area (Å²) in [6.45, 7) is 0. The number of hydrogen-bond acceptors (Lipinski definition) is 3. The molecule has 2 heterocycles. The molecule has 4 heteroatoms. The summed E-state index contributed by atoms with van der Waals surface area (Å²) in [5.41, 5.74) is 3.11. The van der Waals surface area contributed by atoms with Crippen molar-refractivity contribution < 1.29 is 0 Å². The van der Waals surface area contributed by atoms with Crippen LogP contribution in [0.25, 0.3) is 10.4 Å². The van der Waals surface area contributed by atoms with Crippen LogP contribution in [0, 0.1) is 11.3 Å². The van der Waals surface area contributed by atoms with E-state index < -0.39 is 0 Å². The molecule has 0 unspecified atom stereocenters. The molecule has 0 aromatic carbocycles. The molecule has 2 aromatic heterocycles. The number of hydrogen-bond donors (Lipinski definition) is 1. The molecule has 19 heavy (non-hydrogen) atoms. The van der Waals surface area contributed by atoms with Crippen molar-refractivity contribution in [1.29, 1.82) is 5.26 Å². The summed E-state index contributed by atoms with van der Waals surface area (Å²) < 4.78 is 0. The second-order valence-corrected chi connectivity index (χ2v) is 5.76. The number of fused-ring (bicyclic) bond motifs is 1. The van der Waals surface area contributed by atoms with Gasteiger partial charge in [-0.25, -0.2) is 0 Å². The fraction of sp³-hybridized carbons (Fsp3) is 0.333. The van der Waals surface area contributed by atoms with Gasteiger partial charge in [-0.1, -0.05) is 12.5 Å². The predicted octanol–water partition coefficient (Wildman–Crippen LogP) is 3.24. The van der Waals surface area contributed by atoms with Crippen LogP contribution in [0.5, 0.6) is 0 Å². The first kappa shape index (κ1) is 12.2. The number of nitriles is 1. The third-order valence-electron chi connectivity index (χ3n) is 3.64. The minimum atomic E-state index is -0.244. The van der Waals surface area contributed by atoms with Crippen LogP contribution in [0.2, 0.25) is 0 Å². The highest BCUT2D eigenvalue weighted by Crippen LogP contribution is 2.33. The maximum absolute atomic E-state index is 12.1. The largest absolute Gasteiger partial charge is 0.325 e. The lowest BCUT2D eigenvalue weighted by molar-refractivity contribution is 0.708. The zero-order valence-corrected chi connectivity index (χ0v) is 11.3. The van der Waals surface area contributed by atoms with E-state index >= 15 is 0 Å². The molecule has 0 aliphatic heterocycles. The number of pyridine rings is 1. The van der Waals surface area contributed by atoms with E-state index in [9.17, 15) is 10.1 Å². The highest BCUT2D eigenvalue weighted by Gasteiger charge is 2.20. The molecule has 0 fully saturated rings. The summed E-state index contributed by atoms with van der Waals surface area (Å²) in [6.07, 6.45) is 5.28. The Balaban J connectivity index is 2.33. The van der Waals surface area contributed by atoms with Gasteiger partial charge in [0.25, 0.3) is 5.56 Å². The molecule has 1 N–H and O–H groups in total. The van der Waals surface area contributed by atoms with Gasteiger partial charge < -0.3 is 4.98 Å². The van der Waals surface area contributed by atoms with E-state index in [1.54, 1.807) is 11.3 Å². The fourth-order valence-corrected chi connectivity index (χ4v) is 3.56. The third kappa shape index (κ3) is 2.11. The molecule has 0 bridgehead atoms. The maximum atomic E-state index is 12.1. The molecule has 0 radical (unpaired) electrons. The lowest BCUT2D eigenvalue weighted by Gasteiger charge is -2.12. The number of aryl methyl sites for hydroxylation is 1. The first-order chi connectivity index (χ1) is 9.31. The highest BCUT2D eigenvalue weighted by atomic mass is 32.1. The lowest BCUT2D eigenvalue weighted by atomic mass is 9.97. The van der Waals surface area contributed by atoms with Crippen LogP contribution in [0.3, 0.4) is 0 Å². The molecule has 0 saturated carbocycles. The van der Waals surface area contributed by atoms with Crippen LogP contribution in [-0.4, -0.2) is 4.98 Å². The molecule has 3 nitrogen and oxygen atoms in total. The SMILES string of the molecule is N#Cc1c(-c2cccs2)c2c([nH]c1=O)CCCCC2. The Hall–Kier alpha value is -1.86. The molecule has 1 aliphatic rings. The van der Waals surface area contributed by atoms with Gasteiger partial charge in [0.15, 0.2) is 0 Å². The molecule has 2 aromatic rings. The summed E-state index contributed by atoms with van der Waals surface area (Å²) in [4.78, 5) is 16.0. The molecule has 0 spiro atoms. The molecular weight excluding hydrogens is 256 g/mol. The number of nitrogens with one attached hydrogen (secondary N) is 1. The maximum Gasteiger partial charge on any atom is 0.266 e. The molecule has 0 amide bonds. The van der Waals surface area contributed by atoms with Gasteiger partial charge in [0.2, 0.25) is 0 Å². The summed E-state index contributed by atoms with van der Waals surface area (Å²) >= 11 is 1.59. The normalized spacial score (nSPS) is 14.5. The standard InChI is InChI=1S/C15H14N2OS/c16-9-11-14(13-7-4-8-19-13)10-5-2-1-3-6-12(10)17-15(11)18/h4,7-8H,1-3,5-6H2,(H,17,18). The van der Waals surface area contributed by atoms with Crippen LogP contribution < -0.4 is 5.56 Å². The first-order valence-corrected chi connectivity index (χ1v) is 7.41. The van der Waals surface area contributed by atoms with Gasteiger partial charge in [0, 0.05) is 16.1 Å². The Labute approximate surface area is 115 Å². The van der Waals surface area contributed by atoms with Crippen molar-refractivity contribution in [1.82, 2.24) is 4.98 Å². The highest BCUT2D eigenvalue weighted by molar-refractivity contribution is 7.13. The Kier molecular flexibility index (Phi) is 3.22. The van der Waals surface area contributed by atoms with Gasteiger partial charge >= 0.3 is 0 Å². The van der Waals surface area contributed by atoms with Crippen molar-refractivity contribution in [3.63, 3.8) is 0 Å². The van der Waals surface area contributed by atoms with Crippen molar-refractivity contribution in [3.05, 3.63) is 44.7 Å². The molecule has 0 saturated heterocycles.